The first-order chi connectivity index (χ1) is 12.2. The van der Waals surface area contributed by atoms with Gasteiger partial charge in [-0.15, -0.1) is 0 Å². The van der Waals surface area contributed by atoms with Crippen LogP contribution >= 0.6 is 23.2 Å². The summed E-state index contributed by atoms with van der Waals surface area (Å²) < 4.78 is 28.8. The monoisotopic (exact) mass is 398 g/mol. The zero-order valence-corrected chi connectivity index (χ0v) is 14.6. The van der Waals surface area contributed by atoms with E-state index in [1.54, 1.807) is 0 Å². The molecular weight excluding hydrogens is 389 g/mol. The standard InChI is InChI=1S/C17H10Cl2F2N2O3/c1-7-14(17(25)26)22-23(13-3-2-9(18)6-10(13)19)15(7)8-4-11(20)16(24)12(21)5-8/h2-6,24H,1H3,(H,25,26). The van der Waals surface area contributed by atoms with Gasteiger partial charge < -0.3 is 10.2 Å². The van der Waals surface area contributed by atoms with Gasteiger partial charge >= 0.3 is 5.97 Å². The number of carboxylic acids is 1. The molecule has 0 aliphatic carbocycles. The minimum absolute atomic E-state index is 0.0127. The van der Waals surface area contributed by atoms with Gasteiger partial charge in [0, 0.05) is 16.1 Å². The van der Waals surface area contributed by atoms with Crippen LogP contribution in [0.25, 0.3) is 16.9 Å². The number of carboxylic acid groups (broad SMARTS) is 1. The Labute approximate surface area is 156 Å². The summed E-state index contributed by atoms with van der Waals surface area (Å²) in [5.74, 6) is -4.81. The molecule has 0 bridgehead atoms. The van der Waals surface area contributed by atoms with Crippen LogP contribution in [0, 0.1) is 18.6 Å². The molecule has 2 aromatic carbocycles. The lowest BCUT2D eigenvalue weighted by molar-refractivity contribution is 0.0689. The number of phenols is 1. The molecule has 0 spiro atoms. The van der Waals surface area contributed by atoms with Crippen molar-refractivity contribution in [2.24, 2.45) is 0 Å². The van der Waals surface area contributed by atoms with Crippen molar-refractivity contribution in [2.75, 3.05) is 0 Å². The summed E-state index contributed by atoms with van der Waals surface area (Å²) in [4.78, 5) is 11.5. The molecule has 134 valence electrons. The van der Waals surface area contributed by atoms with Gasteiger partial charge in [0.05, 0.1) is 16.4 Å². The molecule has 9 heteroatoms. The molecule has 3 rings (SSSR count). The Morgan fingerprint density at radius 2 is 1.77 bits per heavy atom. The van der Waals surface area contributed by atoms with Gasteiger partial charge in [-0.05, 0) is 37.3 Å². The third-order valence-corrected chi connectivity index (χ3v) is 4.29. The van der Waals surface area contributed by atoms with E-state index in [2.05, 4.69) is 5.10 Å². The maximum absolute atomic E-state index is 13.8. The van der Waals surface area contributed by atoms with Crippen LogP contribution in [0.2, 0.25) is 10.0 Å². The van der Waals surface area contributed by atoms with E-state index in [0.717, 1.165) is 12.1 Å². The van der Waals surface area contributed by atoms with Crippen molar-refractivity contribution in [2.45, 2.75) is 6.92 Å². The number of carbonyl (C=O) groups is 1. The average molecular weight is 399 g/mol. The predicted molar refractivity (Wildman–Crippen MR) is 92.3 cm³/mol. The van der Waals surface area contributed by atoms with E-state index < -0.39 is 23.4 Å². The molecule has 3 aromatic rings. The lowest BCUT2D eigenvalue weighted by Crippen LogP contribution is -2.03. The molecule has 0 saturated carbocycles. The fraction of sp³-hybridized carbons (Fsp3) is 0.0588. The normalized spacial score (nSPS) is 11.0. The second-order valence-electron chi connectivity index (χ2n) is 5.42. The molecule has 5 nitrogen and oxygen atoms in total. The van der Waals surface area contributed by atoms with Crippen molar-refractivity contribution >= 4 is 29.2 Å². The Balaban J connectivity index is 2.36. The van der Waals surface area contributed by atoms with Gasteiger partial charge in [-0.25, -0.2) is 18.3 Å². The molecule has 26 heavy (non-hydrogen) atoms. The second kappa shape index (κ2) is 6.59. The van der Waals surface area contributed by atoms with Gasteiger partial charge in [-0.3, -0.25) is 0 Å². The number of benzene rings is 2. The van der Waals surface area contributed by atoms with Gasteiger partial charge in [-0.2, -0.15) is 5.10 Å². The number of aromatic carboxylic acids is 1. The first-order valence-corrected chi connectivity index (χ1v) is 7.93. The number of rotatable bonds is 3. The van der Waals surface area contributed by atoms with Gasteiger partial charge in [0.15, 0.2) is 23.1 Å². The Morgan fingerprint density at radius 1 is 1.15 bits per heavy atom. The molecule has 0 saturated heterocycles. The van der Waals surface area contributed by atoms with Gasteiger partial charge in [0.25, 0.3) is 0 Å². The topological polar surface area (TPSA) is 75.3 Å². The summed E-state index contributed by atoms with van der Waals surface area (Å²) in [6, 6.07) is 6.21. The minimum atomic E-state index is -1.31. The maximum Gasteiger partial charge on any atom is 0.356 e. The Kier molecular flexibility index (Phi) is 4.60. The average Bonchev–Trinajstić information content (AvgIpc) is 2.89. The van der Waals surface area contributed by atoms with Crippen LogP contribution in [0.15, 0.2) is 30.3 Å². The van der Waals surface area contributed by atoms with Crippen molar-refractivity contribution in [3.05, 3.63) is 63.3 Å². The number of hydrogen-bond donors (Lipinski definition) is 2. The molecule has 0 aliphatic heterocycles. The van der Waals surface area contributed by atoms with E-state index in [-0.39, 0.29) is 33.2 Å². The molecule has 0 amide bonds. The van der Waals surface area contributed by atoms with E-state index in [4.69, 9.17) is 23.2 Å². The number of hydrogen-bond acceptors (Lipinski definition) is 3. The highest BCUT2D eigenvalue weighted by Crippen LogP contribution is 2.35. The Hall–Kier alpha value is -2.64. The van der Waals surface area contributed by atoms with Gasteiger partial charge in [0.2, 0.25) is 0 Å². The quantitative estimate of drug-likeness (QED) is 0.661. The molecule has 0 radical (unpaired) electrons. The summed E-state index contributed by atoms with van der Waals surface area (Å²) in [6.45, 7) is 1.45. The molecule has 0 fully saturated rings. The highest BCUT2D eigenvalue weighted by molar-refractivity contribution is 6.35. The van der Waals surface area contributed by atoms with Crippen LogP contribution in [0.4, 0.5) is 8.78 Å². The zero-order valence-electron chi connectivity index (χ0n) is 13.1. The van der Waals surface area contributed by atoms with E-state index in [1.807, 2.05) is 0 Å². The smallest absolute Gasteiger partial charge is 0.356 e. The molecule has 2 N–H and O–H groups in total. The summed E-state index contributed by atoms with van der Waals surface area (Å²) in [5.41, 5.74) is 0.245. The lowest BCUT2D eigenvalue weighted by Gasteiger charge is -2.11. The van der Waals surface area contributed by atoms with Crippen LogP contribution in [-0.4, -0.2) is 26.0 Å². The number of aromatic nitrogens is 2. The summed E-state index contributed by atoms with van der Waals surface area (Å²) in [7, 11) is 0. The van der Waals surface area contributed by atoms with Crippen LogP contribution in [-0.2, 0) is 0 Å². The minimum Gasteiger partial charge on any atom is -0.503 e. The maximum atomic E-state index is 13.8. The second-order valence-corrected chi connectivity index (χ2v) is 6.27. The van der Waals surface area contributed by atoms with Crippen LogP contribution in [0.3, 0.4) is 0 Å². The van der Waals surface area contributed by atoms with Crippen molar-refractivity contribution in [3.63, 3.8) is 0 Å². The van der Waals surface area contributed by atoms with Crippen molar-refractivity contribution in [1.29, 1.82) is 0 Å². The third-order valence-electron chi connectivity index (χ3n) is 3.75. The van der Waals surface area contributed by atoms with E-state index in [0.29, 0.717) is 5.02 Å². The van der Waals surface area contributed by atoms with Crippen LogP contribution in [0.5, 0.6) is 5.75 Å². The fourth-order valence-electron chi connectivity index (χ4n) is 2.57. The highest BCUT2D eigenvalue weighted by atomic mass is 35.5. The van der Waals surface area contributed by atoms with Crippen LogP contribution < -0.4 is 0 Å². The summed E-state index contributed by atoms with van der Waals surface area (Å²) >= 11 is 12.0. The number of nitrogens with zero attached hydrogens (tertiary/aromatic N) is 2. The highest BCUT2D eigenvalue weighted by Gasteiger charge is 2.24. The number of phenolic OH excluding ortho intramolecular Hbond substituents is 1. The van der Waals surface area contributed by atoms with E-state index in [1.165, 1.54) is 29.8 Å². The van der Waals surface area contributed by atoms with Crippen molar-refractivity contribution in [1.82, 2.24) is 9.78 Å². The third kappa shape index (κ3) is 3.00. The predicted octanol–water partition coefficient (Wildman–Crippen LogP) is 4.84. The molecular formula is C17H10Cl2F2N2O3. The Bertz CT molecular complexity index is 1030. The van der Waals surface area contributed by atoms with Crippen molar-refractivity contribution in [3.8, 4) is 22.7 Å². The number of aromatic hydroxyl groups is 1. The van der Waals surface area contributed by atoms with Crippen LogP contribution in [0.1, 0.15) is 16.1 Å². The van der Waals surface area contributed by atoms with Gasteiger partial charge in [0.1, 0.15) is 0 Å². The fourth-order valence-corrected chi connectivity index (χ4v) is 3.06. The largest absolute Gasteiger partial charge is 0.503 e. The van der Waals surface area contributed by atoms with E-state index >= 15 is 0 Å². The first-order valence-electron chi connectivity index (χ1n) is 7.17. The molecule has 0 atom stereocenters. The van der Waals surface area contributed by atoms with Crippen molar-refractivity contribution < 1.29 is 23.8 Å². The number of halogens is 4. The zero-order chi connectivity index (χ0) is 19.2. The lowest BCUT2D eigenvalue weighted by atomic mass is 10.1. The molecule has 0 unspecified atom stereocenters. The Morgan fingerprint density at radius 3 is 2.31 bits per heavy atom. The van der Waals surface area contributed by atoms with Gasteiger partial charge in [-0.1, -0.05) is 23.2 Å². The SMILES string of the molecule is Cc1c(C(=O)O)nn(-c2ccc(Cl)cc2Cl)c1-c1cc(F)c(O)c(F)c1. The summed E-state index contributed by atoms with van der Waals surface area (Å²) in [6.07, 6.45) is 0. The molecule has 0 aliphatic rings. The molecule has 1 heterocycles. The molecule has 1 aromatic heterocycles. The summed E-state index contributed by atoms with van der Waals surface area (Å²) in [5, 5.41) is 23.2. The first kappa shape index (κ1) is 18.2. The van der Waals surface area contributed by atoms with E-state index in [9.17, 15) is 23.8 Å².